The van der Waals surface area contributed by atoms with Gasteiger partial charge in [0.25, 0.3) is 0 Å². The Kier molecular flexibility index (Phi) is 9.59. The van der Waals surface area contributed by atoms with Gasteiger partial charge < -0.3 is 19.9 Å². The Labute approximate surface area is 234 Å². The number of allylic oxidation sites excluding steroid dienone is 3. The van der Waals surface area contributed by atoms with Crippen molar-refractivity contribution in [2.24, 2.45) is 0 Å². The Morgan fingerprint density at radius 2 is 2.21 bits per heavy atom. The minimum absolute atomic E-state index is 0.0337. The van der Waals surface area contributed by atoms with Crippen LogP contribution in [0.2, 0.25) is 0 Å². The summed E-state index contributed by atoms with van der Waals surface area (Å²) >= 11 is -0.0350. The quantitative estimate of drug-likeness (QED) is 0.214. The lowest BCUT2D eigenvalue weighted by Crippen LogP contribution is -2.35. The van der Waals surface area contributed by atoms with E-state index in [1.54, 1.807) is 15.6 Å². The molecule has 0 aromatic carbocycles. The number of halogens is 1. The number of hydrogen-bond donors (Lipinski definition) is 2. The van der Waals surface area contributed by atoms with E-state index >= 15 is 0 Å². The van der Waals surface area contributed by atoms with Crippen molar-refractivity contribution in [3.8, 4) is 6.07 Å². The number of unbranched alkanes of at least 4 members (excludes halogenated alkanes) is 1. The third-order valence-corrected chi connectivity index (χ3v) is 10.9. The molecule has 2 saturated heterocycles. The van der Waals surface area contributed by atoms with Crippen molar-refractivity contribution in [3.63, 3.8) is 0 Å². The van der Waals surface area contributed by atoms with Gasteiger partial charge in [-0.2, -0.15) is 5.26 Å². The van der Waals surface area contributed by atoms with Gasteiger partial charge in [0.05, 0.1) is 21.6 Å². The second-order valence-electron chi connectivity index (χ2n) is 10.4. The fraction of sp³-hybridized carbons (Fsp3) is 0.586. The first-order chi connectivity index (χ1) is 18.6. The van der Waals surface area contributed by atoms with Crippen LogP contribution < -0.4 is 5.32 Å². The molecule has 5 rings (SSSR count). The molecule has 204 valence electrons. The number of rotatable bonds is 10. The molecule has 2 fully saturated rings. The number of nitrogens with one attached hydrogen (secondary N) is 1. The molecular formula is C29H37IN4O4. The van der Waals surface area contributed by atoms with Crippen molar-refractivity contribution in [3.05, 3.63) is 50.5 Å². The van der Waals surface area contributed by atoms with Crippen LogP contribution in [-0.4, -0.2) is 63.4 Å². The van der Waals surface area contributed by atoms with E-state index in [9.17, 15) is 15.2 Å². The summed E-state index contributed by atoms with van der Waals surface area (Å²) < 4.78 is 15.3. The van der Waals surface area contributed by atoms with Crippen LogP contribution in [0.1, 0.15) is 86.9 Å². The van der Waals surface area contributed by atoms with E-state index in [1.165, 1.54) is 22.1 Å². The van der Waals surface area contributed by atoms with Crippen molar-refractivity contribution in [1.82, 2.24) is 15.2 Å². The first-order valence-electron chi connectivity index (χ1n) is 13.9. The molecule has 3 atom stereocenters. The second kappa shape index (κ2) is 13.3. The van der Waals surface area contributed by atoms with Gasteiger partial charge in [-0.15, -0.1) is 0 Å². The normalized spacial score (nSPS) is 24.6. The molecule has 0 saturated carbocycles. The lowest BCUT2D eigenvalue weighted by molar-refractivity contribution is -0.143. The molecule has 0 aliphatic carbocycles. The number of nitriles is 1. The first-order valence-corrected chi connectivity index (χ1v) is 16.0. The smallest absolute Gasteiger partial charge is 0.325 e. The molecule has 38 heavy (non-hydrogen) atoms. The summed E-state index contributed by atoms with van der Waals surface area (Å²) in [5.74, 6) is -0.902. The number of likely N-dealkylation sites (tertiary alicyclic amines) is 1. The molecule has 9 heteroatoms. The van der Waals surface area contributed by atoms with Gasteiger partial charge in [0.15, 0.2) is 0 Å². The fourth-order valence-electron chi connectivity index (χ4n) is 5.68. The van der Waals surface area contributed by atoms with Crippen LogP contribution in [0.4, 0.5) is 0 Å². The second-order valence-corrected chi connectivity index (χ2v) is 13.4. The zero-order chi connectivity index (χ0) is 26.3. The van der Waals surface area contributed by atoms with E-state index in [0.29, 0.717) is 43.3 Å². The minimum atomic E-state index is -0.902. The molecule has 1 aromatic heterocycles. The van der Waals surface area contributed by atoms with Gasteiger partial charge in [0.2, 0.25) is 0 Å². The lowest BCUT2D eigenvalue weighted by Gasteiger charge is -2.29. The van der Waals surface area contributed by atoms with E-state index in [1.807, 2.05) is 4.90 Å². The Balaban J connectivity index is 1.14. The van der Waals surface area contributed by atoms with E-state index in [-0.39, 0.29) is 32.9 Å². The average Bonchev–Trinajstić information content (AvgIpc) is 3.41. The maximum Gasteiger partial charge on any atom is 0.325 e. The maximum absolute atomic E-state index is 12.5. The van der Waals surface area contributed by atoms with Gasteiger partial charge in [-0.05, 0) is 72.9 Å². The van der Waals surface area contributed by atoms with E-state index in [0.717, 1.165) is 51.5 Å². The van der Waals surface area contributed by atoms with Crippen molar-refractivity contribution in [1.29, 1.82) is 5.26 Å². The Bertz CT molecular complexity index is 1150. The minimum Gasteiger partial charge on any atom is -0.480 e. The third kappa shape index (κ3) is 6.71. The van der Waals surface area contributed by atoms with Crippen LogP contribution in [0.25, 0.3) is 0 Å². The summed E-state index contributed by atoms with van der Waals surface area (Å²) in [4.78, 5) is 19.0. The number of aromatic nitrogens is 1. The van der Waals surface area contributed by atoms with Gasteiger partial charge in [-0.25, -0.2) is 4.98 Å². The summed E-state index contributed by atoms with van der Waals surface area (Å²) in [7, 11) is 0. The van der Waals surface area contributed by atoms with Gasteiger partial charge >= 0.3 is 5.97 Å². The number of carboxylic acid groups (broad SMARTS) is 1. The predicted molar refractivity (Wildman–Crippen MR) is 154 cm³/mol. The molecule has 4 aliphatic heterocycles. The SMILES string of the molecule is N#Cc1ccc([C@@H](C(=O)O)N2CC[C@@H](OCCCCC3=IC4=C(C=C3)CCCN4)C2)c(C2CCCCO2)n1. The van der Waals surface area contributed by atoms with Crippen molar-refractivity contribution >= 4 is 30.2 Å². The molecule has 2 N–H and O–H groups in total. The average molecular weight is 633 g/mol. The van der Waals surface area contributed by atoms with Crippen molar-refractivity contribution in [2.75, 3.05) is 32.8 Å². The molecule has 4 aliphatic rings. The number of carboxylic acids is 1. The first kappa shape index (κ1) is 27.4. The number of hydrogen-bond acceptors (Lipinski definition) is 7. The molecule has 0 radical (unpaired) electrons. The van der Waals surface area contributed by atoms with E-state index in [4.69, 9.17) is 9.47 Å². The highest BCUT2D eigenvalue weighted by Crippen LogP contribution is 2.36. The number of aliphatic carboxylic acids is 1. The Morgan fingerprint density at radius 3 is 3.03 bits per heavy atom. The largest absolute Gasteiger partial charge is 0.480 e. The van der Waals surface area contributed by atoms with Crippen LogP contribution in [0.15, 0.2) is 33.6 Å². The summed E-state index contributed by atoms with van der Waals surface area (Å²) in [5, 5.41) is 23.2. The lowest BCUT2D eigenvalue weighted by atomic mass is 9.96. The predicted octanol–water partition coefficient (Wildman–Crippen LogP) is 4.89. The van der Waals surface area contributed by atoms with Crippen LogP contribution >= 0.6 is 20.7 Å². The molecule has 0 bridgehead atoms. The highest BCUT2D eigenvalue weighted by atomic mass is 127. The van der Waals surface area contributed by atoms with Crippen LogP contribution in [0, 0.1) is 11.3 Å². The standard InChI is InChI=1S/C29H37IN4O4/c31-18-22-11-12-24(26(33-22)25-8-2-4-17-38-25)27(29(35)36)34-15-13-23(19-34)37-16-3-1-7-21-10-9-20-6-5-14-32-28(20)30-21/h9-12,23,25,27,32H,1-8,13-17,19H2,(H,35,36)/t23-,25?,27+/m1/s1. The monoisotopic (exact) mass is 632 g/mol. The van der Waals surface area contributed by atoms with Crippen LogP contribution in [0.3, 0.4) is 0 Å². The molecule has 8 nitrogen and oxygen atoms in total. The molecule has 1 aromatic rings. The highest BCUT2D eigenvalue weighted by molar-refractivity contribution is 14.2. The molecular weight excluding hydrogens is 595 g/mol. The number of pyridine rings is 1. The Hall–Kier alpha value is -2.13. The number of carbonyl (C=O) groups is 1. The van der Waals surface area contributed by atoms with Gasteiger partial charge in [-0.3, -0.25) is 9.69 Å². The zero-order valence-corrected chi connectivity index (χ0v) is 24.0. The molecule has 0 spiro atoms. The van der Waals surface area contributed by atoms with Crippen molar-refractivity contribution in [2.45, 2.75) is 76.0 Å². The van der Waals surface area contributed by atoms with Gasteiger partial charge in [-0.1, -0.05) is 38.9 Å². The van der Waals surface area contributed by atoms with E-state index < -0.39 is 12.0 Å². The molecule has 1 unspecified atom stereocenters. The highest BCUT2D eigenvalue weighted by Gasteiger charge is 2.37. The van der Waals surface area contributed by atoms with Crippen LogP contribution in [-0.2, 0) is 14.3 Å². The summed E-state index contributed by atoms with van der Waals surface area (Å²) in [6.45, 7) is 3.69. The number of nitrogens with zero attached hydrogens (tertiary/aromatic N) is 3. The maximum atomic E-state index is 12.5. The third-order valence-electron chi connectivity index (χ3n) is 7.66. The Morgan fingerprint density at radius 1 is 1.29 bits per heavy atom. The molecule has 5 heterocycles. The fourth-order valence-corrected chi connectivity index (χ4v) is 8.63. The van der Waals surface area contributed by atoms with Crippen LogP contribution in [0.5, 0.6) is 0 Å². The topological polar surface area (TPSA) is 108 Å². The van der Waals surface area contributed by atoms with E-state index in [2.05, 4.69) is 28.5 Å². The number of ether oxygens (including phenoxy) is 2. The van der Waals surface area contributed by atoms with Gasteiger partial charge in [0.1, 0.15) is 17.8 Å². The summed E-state index contributed by atoms with van der Waals surface area (Å²) in [6, 6.07) is 4.64. The summed E-state index contributed by atoms with van der Waals surface area (Å²) in [6.07, 6.45) is 13.8. The zero-order valence-electron chi connectivity index (χ0n) is 21.8. The van der Waals surface area contributed by atoms with Gasteiger partial charge in [0, 0.05) is 38.4 Å². The molecule has 0 amide bonds. The van der Waals surface area contributed by atoms with Crippen molar-refractivity contribution < 1.29 is 19.4 Å². The summed E-state index contributed by atoms with van der Waals surface area (Å²) in [5.41, 5.74) is 3.05.